The fourth-order valence-electron chi connectivity index (χ4n) is 1.16. The first-order valence-corrected chi connectivity index (χ1v) is 5.01. The molecule has 82 valence electrons. The molecule has 0 aromatic rings. The van der Waals surface area contributed by atoms with Crippen LogP contribution in [0, 0.1) is 5.92 Å². The Balaban J connectivity index is 2.56. The van der Waals surface area contributed by atoms with E-state index in [4.69, 9.17) is 11.6 Å². The third-order valence-corrected chi connectivity index (χ3v) is 2.79. The van der Waals surface area contributed by atoms with Crippen LogP contribution < -0.4 is 11.6 Å². The molecule has 0 aromatic heterocycles. The first kappa shape index (κ1) is 11.3. The predicted molar refractivity (Wildman–Crippen MR) is 55.7 cm³/mol. The second kappa shape index (κ2) is 3.77. The smallest absolute Gasteiger partial charge is 0.126 e. The minimum atomic E-state index is -1.32. The summed E-state index contributed by atoms with van der Waals surface area (Å²) in [6.07, 6.45) is 3.91. The Morgan fingerprint density at radius 2 is 2.07 bits per heavy atom. The van der Waals surface area contributed by atoms with E-state index >= 15 is 0 Å². The highest BCUT2D eigenvalue weighted by Crippen LogP contribution is 2.34. The molecule has 0 spiro atoms. The van der Waals surface area contributed by atoms with Crippen molar-refractivity contribution in [3.63, 3.8) is 0 Å². The Hall–Kier alpha value is -0.770. The molecule has 1 unspecified atom stereocenters. The third-order valence-electron chi connectivity index (χ3n) is 2.79. The fourth-order valence-corrected chi connectivity index (χ4v) is 1.16. The van der Waals surface area contributed by atoms with E-state index in [-0.39, 0.29) is 6.04 Å². The van der Waals surface area contributed by atoms with Crippen molar-refractivity contribution in [3.8, 4) is 0 Å². The number of nitrogens with zero attached hydrogens (tertiary/aromatic N) is 1. The van der Waals surface area contributed by atoms with Crippen molar-refractivity contribution < 1.29 is 4.39 Å². The number of hydrazine groups is 1. The average Bonchev–Trinajstić information content (AvgIpc) is 2.82. The molecule has 1 saturated carbocycles. The van der Waals surface area contributed by atoms with Crippen LogP contribution >= 0.6 is 0 Å². The highest BCUT2D eigenvalue weighted by atomic mass is 19.1. The maximum absolute atomic E-state index is 13.5. The Morgan fingerprint density at radius 1 is 1.57 bits per heavy atom. The van der Waals surface area contributed by atoms with Crippen LogP contribution in [-0.2, 0) is 0 Å². The monoisotopic (exact) mass is 201 g/mol. The molecule has 0 heterocycles. The number of nitrogens with two attached hydrogens (primary N) is 2. The van der Waals surface area contributed by atoms with E-state index in [1.165, 1.54) is 18.9 Å². The molecule has 4 heteroatoms. The number of hydrogen-bond donors (Lipinski definition) is 2. The molecule has 3 nitrogen and oxygen atoms in total. The SMILES string of the molecule is CC(N(N)/C=C(\N)C1CC1)C(C)(C)F. The molecule has 1 aliphatic carbocycles. The first-order valence-electron chi connectivity index (χ1n) is 5.01. The minimum Gasteiger partial charge on any atom is -0.401 e. The topological polar surface area (TPSA) is 55.3 Å². The molecule has 0 amide bonds. The van der Waals surface area contributed by atoms with Crippen LogP contribution in [0.3, 0.4) is 0 Å². The van der Waals surface area contributed by atoms with E-state index in [0.29, 0.717) is 5.92 Å². The van der Waals surface area contributed by atoms with Crippen LogP contribution in [-0.4, -0.2) is 16.7 Å². The van der Waals surface area contributed by atoms with Gasteiger partial charge in [-0.15, -0.1) is 0 Å². The van der Waals surface area contributed by atoms with Gasteiger partial charge >= 0.3 is 0 Å². The van der Waals surface area contributed by atoms with E-state index < -0.39 is 5.67 Å². The summed E-state index contributed by atoms with van der Waals surface area (Å²) >= 11 is 0. The largest absolute Gasteiger partial charge is 0.401 e. The summed E-state index contributed by atoms with van der Waals surface area (Å²) in [6, 6.07) is -0.375. The third kappa shape index (κ3) is 2.87. The Bertz CT molecular complexity index is 228. The van der Waals surface area contributed by atoms with Gasteiger partial charge in [0, 0.05) is 17.8 Å². The van der Waals surface area contributed by atoms with Gasteiger partial charge in [-0.2, -0.15) is 0 Å². The highest BCUT2D eigenvalue weighted by Gasteiger charge is 2.29. The zero-order valence-corrected chi connectivity index (χ0v) is 9.13. The predicted octanol–water partition coefficient (Wildman–Crippen LogP) is 1.51. The van der Waals surface area contributed by atoms with Crippen molar-refractivity contribution in [3.05, 3.63) is 11.9 Å². The summed E-state index contributed by atoms with van der Waals surface area (Å²) in [7, 11) is 0. The normalized spacial score (nSPS) is 20.8. The van der Waals surface area contributed by atoms with Gasteiger partial charge in [0.15, 0.2) is 0 Å². The lowest BCUT2D eigenvalue weighted by Crippen LogP contribution is -2.46. The van der Waals surface area contributed by atoms with E-state index in [1.807, 2.05) is 0 Å². The summed E-state index contributed by atoms with van der Waals surface area (Å²) in [6.45, 7) is 4.77. The Labute approximate surface area is 84.9 Å². The lowest BCUT2D eigenvalue weighted by atomic mass is 10.0. The van der Waals surface area contributed by atoms with Crippen molar-refractivity contribution in [2.24, 2.45) is 17.5 Å². The number of hydrogen-bond acceptors (Lipinski definition) is 3. The van der Waals surface area contributed by atoms with Gasteiger partial charge in [-0.1, -0.05) is 0 Å². The molecule has 0 aromatic carbocycles. The van der Waals surface area contributed by atoms with Crippen LogP contribution in [0.15, 0.2) is 11.9 Å². The average molecular weight is 201 g/mol. The van der Waals surface area contributed by atoms with Gasteiger partial charge in [0.05, 0.1) is 6.04 Å². The summed E-state index contributed by atoms with van der Waals surface area (Å²) in [4.78, 5) is 0. The standard InChI is InChI=1S/C10H20FN3/c1-7(10(2,3)11)14(13)6-9(12)8-4-5-8/h6-8H,4-5,12-13H2,1-3H3/b9-6-. The number of alkyl halides is 1. The van der Waals surface area contributed by atoms with Gasteiger partial charge in [0.25, 0.3) is 0 Å². The molecule has 0 radical (unpaired) electrons. The van der Waals surface area contributed by atoms with Crippen LogP contribution in [0.1, 0.15) is 33.6 Å². The zero-order chi connectivity index (χ0) is 10.9. The number of rotatable bonds is 4. The van der Waals surface area contributed by atoms with Crippen molar-refractivity contribution >= 4 is 0 Å². The van der Waals surface area contributed by atoms with E-state index in [2.05, 4.69) is 0 Å². The van der Waals surface area contributed by atoms with Crippen molar-refractivity contribution in [2.75, 3.05) is 0 Å². The molecular weight excluding hydrogens is 181 g/mol. The summed E-state index contributed by atoms with van der Waals surface area (Å²) in [5.74, 6) is 6.18. The molecule has 1 aliphatic rings. The van der Waals surface area contributed by atoms with Gasteiger partial charge in [0.2, 0.25) is 0 Å². The maximum atomic E-state index is 13.5. The van der Waals surface area contributed by atoms with Crippen molar-refractivity contribution in [1.82, 2.24) is 5.01 Å². The van der Waals surface area contributed by atoms with Crippen LogP contribution in [0.4, 0.5) is 4.39 Å². The van der Waals surface area contributed by atoms with Gasteiger partial charge in [-0.3, -0.25) is 0 Å². The van der Waals surface area contributed by atoms with E-state index in [0.717, 1.165) is 18.5 Å². The van der Waals surface area contributed by atoms with Gasteiger partial charge < -0.3 is 10.7 Å². The molecule has 4 N–H and O–H groups in total. The van der Waals surface area contributed by atoms with Crippen molar-refractivity contribution in [1.29, 1.82) is 0 Å². The lowest BCUT2D eigenvalue weighted by molar-refractivity contribution is 0.0911. The highest BCUT2D eigenvalue weighted by molar-refractivity contribution is 5.08. The molecular formula is C10H20FN3. The second-order valence-corrected chi connectivity index (χ2v) is 4.59. The molecule has 0 bridgehead atoms. The van der Waals surface area contributed by atoms with Crippen LogP contribution in [0.2, 0.25) is 0 Å². The molecule has 0 aliphatic heterocycles. The van der Waals surface area contributed by atoms with E-state index in [9.17, 15) is 4.39 Å². The number of allylic oxidation sites excluding steroid dienone is 1. The van der Waals surface area contributed by atoms with Gasteiger partial charge in [-0.25, -0.2) is 10.2 Å². The van der Waals surface area contributed by atoms with Crippen molar-refractivity contribution in [2.45, 2.75) is 45.3 Å². The second-order valence-electron chi connectivity index (χ2n) is 4.59. The van der Waals surface area contributed by atoms with Crippen LogP contribution in [0.5, 0.6) is 0 Å². The molecule has 14 heavy (non-hydrogen) atoms. The summed E-state index contributed by atoms with van der Waals surface area (Å²) < 4.78 is 13.5. The first-order chi connectivity index (χ1) is 6.32. The minimum absolute atomic E-state index is 0.375. The summed E-state index contributed by atoms with van der Waals surface area (Å²) in [5, 5.41) is 1.37. The summed E-state index contributed by atoms with van der Waals surface area (Å²) in [5.41, 5.74) is 5.22. The molecule has 1 atom stereocenters. The molecule has 1 rings (SSSR count). The van der Waals surface area contributed by atoms with Gasteiger partial charge in [-0.05, 0) is 33.6 Å². The molecule has 1 fully saturated rings. The lowest BCUT2D eigenvalue weighted by Gasteiger charge is -2.31. The zero-order valence-electron chi connectivity index (χ0n) is 9.13. The quantitative estimate of drug-likeness (QED) is 0.535. The molecule has 0 saturated heterocycles. The fraction of sp³-hybridized carbons (Fsp3) is 0.800. The maximum Gasteiger partial charge on any atom is 0.126 e. The van der Waals surface area contributed by atoms with E-state index in [1.54, 1.807) is 13.1 Å². The number of halogens is 1. The Kier molecular flexibility index (Phi) is 3.04. The van der Waals surface area contributed by atoms with Gasteiger partial charge in [0.1, 0.15) is 5.67 Å². The van der Waals surface area contributed by atoms with Crippen LogP contribution in [0.25, 0.3) is 0 Å². The Morgan fingerprint density at radius 3 is 2.43 bits per heavy atom.